The number of carboxylic acid groups (broad SMARTS) is 1. The third-order valence-electron chi connectivity index (χ3n) is 1.35. The average molecular weight is 200 g/mol. The largest absolute Gasteiger partial charge is 0.475 e. The van der Waals surface area contributed by atoms with Gasteiger partial charge in [-0.1, -0.05) is 25.6 Å². The van der Waals surface area contributed by atoms with Crippen LogP contribution in [0.4, 0.5) is 0 Å². The lowest BCUT2D eigenvalue weighted by atomic mass is 10.3. The van der Waals surface area contributed by atoms with Crippen LogP contribution in [0.5, 0.6) is 0 Å². The normalized spacial score (nSPS) is 10.7. The second kappa shape index (κ2) is 4.37. The maximum atomic E-state index is 10.4. The Morgan fingerprint density at radius 1 is 1.62 bits per heavy atom. The molecule has 0 bridgehead atoms. The third kappa shape index (κ3) is 3.14. The molecule has 0 spiro atoms. The van der Waals surface area contributed by atoms with Gasteiger partial charge in [-0.25, -0.2) is 4.79 Å². The van der Waals surface area contributed by atoms with Gasteiger partial charge in [-0.15, -0.1) is 0 Å². The van der Waals surface area contributed by atoms with Crippen molar-refractivity contribution in [1.82, 2.24) is 0 Å². The van der Waals surface area contributed by atoms with Gasteiger partial charge < -0.3 is 9.52 Å². The summed E-state index contributed by atoms with van der Waals surface area (Å²) in [7, 11) is 0. The molecule has 0 saturated heterocycles. The van der Waals surface area contributed by atoms with Crippen LogP contribution in [0.2, 0.25) is 0 Å². The Morgan fingerprint density at radius 3 is 2.77 bits per heavy atom. The number of aromatic carboxylic acids is 1. The fraction of sp³-hybridized carbons (Fsp3) is 0.444. The molecule has 1 heterocycles. The van der Waals surface area contributed by atoms with Gasteiger partial charge in [0.25, 0.3) is 0 Å². The molecule has 0 amide bonds. The molecule has 0 radical (unpaired) electrons. The minimum atomic E-state index is -1.02. The van der Waals surface area contributed by atoms with Crippen molar-refractivity contribution in [1.29, 1.82) is 0 Å². The molecule has 0 atom stereocenters. The maximum absolute atomic E-state index is 10.4. The van der Waals surface area contributed by atoms with Crippen LogP contribution in [0.15, 0.2) is 21.6 Å². The molecule has 1 aromatic rings. The van der Waals surface area contributed by atoms with E-state index in [0.717, 1.165) is 5.75 Å². The van der Waals surface area contributed by atoms with Gasteiger partial charge in [0.1, 0.15) is 0 Å². The van der Waals surface area contributed by atoms with Gasteiger partial charge in [-0.3, -0.25) is 0 Å². The van der Waals surface area contributed by atoms with E-state index in [1.807, 2.05) is 0 Å². The standard InChI is InChI=1S/C9H12O3S/c1-6(2)5-13-8-4-3-7(12-8)9(10)11/h3-4,6H,5H2,1-2H3,(H,10,11). The minimum Gasteiger partial charge on any atom is -0.475 e. The number of hydrogen-bond acceptors (Lipinski definition) is 3. The minimum absolute atomic E-state index is 0.00579. The molecule has 72 valence electrons. The molecular weight excluding hydrogens is 188 g/mol. The van der Waals surface area contributed by atoms with Crippen molar-refractivity contribution >= 4 is 17.7 Å². The fourth-order valence-electron chi connectivity index (χ4n) is 0.761. The second-order valence-corrected chi connectivity index (χ2v) is 4.15. The Morgan fingerprint density at radius 2 is 2.31 bits per heavy atom. The van der Waals surface area contributed by atoms with Crippen molar-refractivity contribution in [2.75, 3.05) is 5.75 Å². The van der Waals surface area contributed by atoms with E-state index in [9.17, 15) is 4.79 Å². The first kappa shape index (κ1) is 10.2. The van der Waals surface area contributed by atoms with Crippen LogP contribution in [0.1, 0.15) is 24.4 Å². The van der Waals surface area contributed by atoms with E-state index in [4.69, 9.17) is 9.52 Å². The second-order valence-electron chi connectivity index (χ2n) is 3.13. The molecule has 1 aromatic heterocycles. The number of carboxylic acids is 1. The van der Waals surface area contributed by atoms with Crippen molar-refractivity contribution in [2.45, 2.75) is 18.9 Å². The Kier molecular flexibility index (Phi) is 3.42. The molecule has 1 rings (SSSR count). The van der Waals surface area contributed by atoms with Crippen molar-refractivity contribution < 1.29 is 14.3 Å². The summed E-state index contributed by atoms with van der Waals surface area (Å²) < 4.78 is 5.06. The highest BCUT2D eigenvalue weighted by Crippen LogP contribution is 2.22. The summed E-state index contributed by atoms with van der Waals surface area (Å²) in [5.41, 5.74) is 0. The number of hydrogen-bond donors (Lipinski definition) is 1. The van der Waals surface area contributed by atoms with Crippen LogP contribution in [0.3, 0.4) is 0 Å². The Bertz CT molecular complexity index is 291. The lowest BCUT2D eigenvalue weighted by Gasteiger charge is -2.00. The van der Waals surface area contributed by atoms with Crippen LogP contribution in [0, 0.1) is 5.92 Å². The van der Waals surface area contributed by atoms with Crippen LogP contribution < -0.4 is 0 Å². The van der Waals surface area contributed by atoms with Crippen LogP contribution in [0.25, 0.3) is 0 Å². The molecule has 0 fully saturated rings. The molecule has 0 unspecified atom stereocenters. The summed E-state index contributed by atoms with van der Waals surface area (Å²) in [5, 5.41) is 9.24. The van der Waals surface area contributed by atoms with E-state index in [1.54, 1.807) is 6.07 Å². The molecule has 0 aliphatic carbocycles. The number of rotatable bonds is 4. The number of carbonyl (C=O) groups is 1. The molecular formula is C9H12O3S. The van der Waals surface area contributed by atoms with E-state index >= 15 is 0 Å². The topological polar surface area (TPSA) is 50.4 Å². The summed E-state index contributed by atoms with van der Waals surface area (Å²) in [6, 6.07) is 3.17. The molecule has 1 N–H and O–H groups in total. The molecule has 0 aliphatic heterocycles. The predicted octanol–water partition coefficient (Wildman–Crippen LogP) is 2.73. The smallest absolute Gasteiger partial charge is 0.371 e. The molecule has 0 aliphatic rings. The van der Waals surface area contributed by atoms with Crippen molar-refractivity contribution in [2.24, 2.45) is 5.92 Å². The Balaban J connectivity index is 2.54. The van der Waals surface area contributed by atoms with Gasteiger partial charge in [-0.2, -0.15) is 0 Å². The van der Waals surface area contributed by atoms with Crippen molar-refractivity contribution in [3.05, 3.63) is 17.9 Å². The van der Waals surface area contributed by atoms with E-state index < -0.39 is 5.97 Å². The molecule has 0 aromatic carbocycles. The first-order valence-electron chi connectivity index (χ1n) is 4.05. The van der Waals surface area contributed by atoms with Crippen LogP contribution in [-0.4, -0.2) is 16.8 Å². The average Bonchev–Trinajstić information content (AvgIpc) is 2.48. The van der Waals surface area contributed by atoms with Crippen molar-refractivity contribution in [3.8, 4) is 0 Å². The van der Waals surface area contributed by atoms with E-state index in [-0.39, 0.29) is 5.76 Å². The monoisotopic (exact) mass is 200 g/mol. The van der Waals surface area contributed by atoms with Gasteiger partial charge in [0.05, 0.1) is 0 Å². The van der Waals surface area contributed by atoms with Crippen molar-refractivity contribution in [3.63, 3.8) is 0 Å². The lowest BCUT2D eigenvalue weighted by molar-refractivity contribution is 0.0656. The zero-order valence-corrected chi connectivity index (χ0v) is 8.43. The van der Waals surface area contributed by atoms with E-state index in [2.05, 4.69) is 13.8 Å². The van der Waals surface area contributed by atoms with Gasteiger partial charge in [0.2, 0.25) is 5.76 Å². The Labute approximate surface area is 81.1 Å². The summed E-state index contributed by atoms with van der Waals surface area (Å²) in [4.78, 5) is 10.4. The SMILES string of the molecule is CC(C)CSc1ccc(C(=O)O)o1. The van der Waals surface area contributed by atoms with Gasteiger partial charge >= 0.3 is 5.97 Å². The highest BCUT2D eigenvalue weighted by atomic mass is 32.2. The zero-order valence-electron chi connectivity index (χ0n) is 7.61. The predicted molar refractivity (Wildman–Crippen MR) is 51.2 cm³/mol. The summed E-state index contributed by atoms with van der Waals surface area (Å²) >= 11 is 1.54. The highest BCUT2D eigenvalue weighted by molar-refractivity contribution is 7.99. The van der Waals surface area contributed by atoms with E-state index in [1.165, 1.54) is 17.8 Å². The molecule has 13 heavy (non-hydrogen) atoms. The fourth-order valence-corrected chi connectivity index (χ4v) is 1.57. The van der Waals surface area contributed by atoms with Gasteiger partial charge in [0, 0.05) is 5.75 Å². The number of thioether (sulfide) groups is 1. The van der Waals surface area contributed by atoms with Crippen LogP contribution in [-0.2, 0) is 0 Å². The summed E-state index contributed by atoms with van der Waals surface area (Å²) in [6.07, 6.45) is 0. The highest BCUT2D eigenvalue weighted by Gasteiger charge is 2.09. The quantitative estimate of drug-likeness (QED) is 0.759. The summed E-state index contributed by atoms with van der Waals surface area (Å²) in [6.45, 7) is 4.21. The molecule has 3 nitrogen and oxygen atoms in total. The van der Waals surface area contributed by atoms with Crippen LogP contribution >= 0.6 is 11.8 Å². The lowest BCUT2D eigenvalue weighted by Crippen LogP contribution is -1.92. The molecule has 0 saturated carbocycles. The first-order chi connectivity index (χ1) is 6.09. The van der Waals surface area contributed by atoms with Gasteiger partial charge in [-0.05, 0) is 18.1 Å². The zero-order chi connectivity index (χ0) is 9.84. The Hall–Kier alpha value is -0.900. The molecule has 4 heteroatoms. The third-order valence-corrected chi connectivity index (χ3v) is 2.69. The number of furan rings is 1. The maximum Gasteiger partial charge on any atom is 0.371 e. The van der Waals surface area contributed by atoms with E-state index in [0.29, 0.717) is 11.0 Å². The summed E-state index contributed by atoms with van der Waals surface area (Å²) in [5.74, 6) is 0.498. The van der Waals surface area contributed by atoms with Gasteiger partial charge in [0.15, 0.2) is 5.09 Å². The first-order valence-corrected chi connectivity index (χ1v) is 5.04.